The van der Waals surface area contributed by atoms with Gasteiger partial charge in [-0.25, -0.2) is 40.6 Å². The number of hydrogen-bond acceptors (Lipinski definition) is 15. The Hall–Kier alpha value is -6.18. The normalized spacial score (nSPS) is 18.4. The zero-order chi connectivity index (χ0) is 58.1. The topological polar surface area (TPSA) is 264 Å². The molecule has 6 aromatic rings. The zero-order valence-corrected chi connectivity index (χ0v) is 51.2. The molecular weight excluding hydrogens is 1170 g/mol. The number of nitrogens with zero attached hydrogens (tertiary/aromatic N) is 10. The number of likely N-dealkylation sites (tertiary alicyclic amines) is 2. The molecule has 2 atom stereocenters. The summed E-state index contributed by atoms with van der Waals surface area (Å²) in [7, 11) is -7.19. The minimum absolute atomic E-state index is 0. The summed E-state index contributed by atoms with van der Waals surface area (Å²) in [5.41, 5.74) is 11.2. The first-order chi connectivity index (χ1) is 38.3. The Morgan fingerprint density at radius 3 is 1.43 bits per heavy atom. The number of halogens is 3. The van der Waals surface area contributed by atoms with Crippen LogP contribution in [0.4, 0.5) is 27.8 Å². The van der Waals surface area contributed by atoms with Gasteiger partial charge in [0.25, 0.3) is 11.8 Å². The van der Waals surface area contributed by atoms with Gasteiger partial charge in [0.05, 0.1) is 58.5 Å². The fourth-order valence-electron chi connectivity index (χ4n) is 11.1. The van der Waals surface area contributed by atoms with Crippen molar-refractivity contribution in [2.24, 2.45) is 5.73 Å². The van der Waals surface area contributed by atoms with E-state index in [1.54, 1.807) is 31.0 Å². The number of fused-ring (bicyclic) bond motifs is 2. The number of anilines is 4. The number of carbonyl (C=O) groups excluding carboxylic acids is 3. The Balaban J connectivity index is 0.000000236. The summed E-state index contributed by atoms with van der Waals surface area (Å²) in [6.45, 7) is 13.8. The van der Waals surface area contributed by atoms with Crippen LogP contribution in [0, 0.1) is 13.8 Å². The van der Waals surface area contributed by atoms with E-state index >= 15 is 0 Å². The monoisotopic (exact) mass is 1240 g/mol. The molecule has 4 aliphatic rings. The summed E-state index contributed by atoms with van der Waals surface area (Å²) >= 11 is 12.4. The van der Waals surface area contributed by atoms with Gasteiger partial charge < -0.3 is 35.4 Å². The number of aromatic nitrogens is 6. The molecule has 4 aliphatic heterocycles. The Kier molecular flexibility index (Phi) is 20.5. The molecule has 0 aliphatic carbocycles. The second-order valence-electron chi connectivity index (χ2n) is 22.6. The maximum atomic E-state index is 13.9. The van der Waals surface area contributed by atoms with Gasteiger partial charge in [-0.05, 0) is 135 Å². The minimum Gasteiger partial charge on any atom is -0.444 e. The van der Waals surface area contributed by atoms with Gasteiger partial charge in [0.15, 0.2) is 11.3 Å². The van der Waals surface area contributed by atoms with Crippen LogP contribution >= 0.6 is 35.6 Å². The molecule has 3 amide bonds. The van der Waals surface area contributed by atoms with E-state index in [2.05, 4.69) is 24.6 Å². The number of alkyl carbamates (subject to hydrolysis) is 1. The third kappa shape index (κ3) is 16.0. The van der Waals surface area contributed by atoms with E-state index in [9.17, 15) is 31.2 Å². The first-order valence-corrected chi connectivity index (χ1v) is 31.9. The van der Waals surface area contributed by atoms with Crippen LogP contribution in [-0.2, 0) is 24.8 Å². The fourth-order valence-corrected chi connectivity index (χ4v) is 12.6. The van der Waals surface area contributed by atoms with Gasteiger partial charge in [0.1, 0.15) is 17.2 Å². The van der Waals surface area contributed by atoms with Crippen LogP contribution in [0.2, 0.25) is 10.0 Å². The molecule has 0 saturated carbocycles. The highest BCUT2D eigenvalue weighted by molar-refractivity contribution is 7.92. The molecule has 0 radical (unpaired) electrons. The summed E-state index contributed by atoms with van der Waals surface area (Å²) in [4.78, 5) is 57.8. The molecule has 452 valence electrons. The van der Waals surface area contributed by atoms with Gasteiger partial charge in [0, 0.05) is 97.1 Å². The Morgan fingerprint density at radius 1 is 0.627 bits per heavy atom. The van der Waals surface area contributed by atoms with Crippen molar-refractivity contribution in [2.45, 2.75) is 136 Å². The second-order valence-corrected chi connectivity index (χ2v) is 27.0. The quantitative estimate of drug-likeness (QED) is 0.0941. The molecule has 10 rings (SSSR count). The average Bonchev–Trinajstić information content (AvgIpc) is 3.16. The van der Waals surface area contributed by atoms with Crippen molar-refractivity contribution < 1.29 is 36.0 Å². The summed E-state index contributed by atoms with van der Waals surface area (Å²) in [6.07, 6.45) is 14.1. The molecule has 22 nitrogen and oxygen atoms in total. The smallest absolute Gasteiger partial charge is 0.407 e. The number of sulfonamides is 2. The number of aryl methyl sites for hydroxylation is 2. The minimum atomic E-state index is -3.61. The van der Waals surface area contributed by atoms with Gasteiger partial charge >= 0.3 is 6.09 Å². The molecular formula is C56H77Cl3N14O8S2. The van der Waals surface area contributed by atoms with E-state index in [1.165, 1.54) is 24.3 Å². The van der Waals surface area contributed by atoms with Crippen LogP contribution in [-0.4, -0.2) is 143 Å². The fraction of sp³-hybridized carbons (Fsp3) is 0.518. The SMILES string of the molecule is C.Cc1cn2nc([C@@H]3CCCCN3C(=O)c3cc(Cl)ccc3NS(C)(=O)=O)cc2nc1N1CCC(N)CC1.Cc1cn2nc([C@@H]3CCCCN3C(=O)c3cc(Cl)ccc3NS(C)(=O)=O)cc2nc1N1CCC(NC(=O)OC(C)(C)C)CC1.Cl. The highest BCUT2D eigenvalue weighted by atomic mass is 35.5. The van der Waals surface area contributed by atoms with Crippen LogP contribution in [0.3, 0.4) is 0 Å². The lowest BCUT2D eigenvalue weighted by Gasteiger charge is -2.35. The number of ether oxygens (including phenoxy) is 1. The molecule has 4 aromatic heterocycles. The van der Waals surface area contributed by atoms with Crippen molar-refractivity contribution in [3.8, 4) is 0 Å². The van der Waals surface area contributed by atoms with E-state index < -0.39 is 31.7 Å². The summed E-state index contributed by atoms with van der Waals surface area (Å²) in [6, 6.07) is 12.7. The summed E-state index contributed by atoms with van der Waals surface area (Å²) in [5, 5.41) is 13.3. The molecule has 0 bridgehead atoms. The molecule has 27 heteroatoms. The van der Waals surface area contributed by atoms with E-state index in [0.29, 0.717) is 28.8 Å². The largest absolute Gasteiger partial charge is 0.444 e. The lowest BCUT2D eigenvalue weighted by molar-refractivity contribution is 0.0495. The Morgan fingerprint density at radius 2 is 1.04 bits per heavy atom. The lowest BCUT2D eigenvalue weighted by atomic mass is 9.98. The van der Waals surface area contributed by atoms with Crippen molar-refractivity contribution in [1.29, 1.82) is 0 Å². The van der Waals surface area contributed by atoms with Crippen molar-refractivity contribution in [1.82, 2.24) is 44.3 Å². The number of benzene rings is 2. The van der Waals surface area contributed by atoms with Gasteiger partial charge in [-0.1, -0.05) is 30.6 Å². The third-order valence-corrected chi connectivity index (χ3v) is 16.5. The van der Waals surface area contributed by atoms with Crippen LogP contribution in [0.1, 0.15) is 148 Å². The van der Waals surface area contributed by atoms with E-state index in [4.69, 9.17) is 53.8 Å². The molecule has 4 fully saturated rings. The summed E-state index contributed by atoms with van der Waals surface area (Å²) in [5.74, 6) is 1.21. The number of carbonyl (C=O) groups is 3. The number of nitrogens with one attached hydrogen (secondary N) is 3. The first-order valence-electron chi connectivity index (χ1n) is 27.4. The van der Waals surface area contributed by atoms with Crippen LogP contribution in [0.25, 0.3) is 11.3 Å². The molecule has 8 heterocycles. The molecule has 0 unspecified atom stereocenters. The van der Waals surface area contributed by atoms with Crippen molar-refractivity contribution in [3.63, 3.8) is 0 Å². The number of rotatable bonds is 11. The van der Waals surface area contributed by atoms with Gasteiger partial charge in [-0.2, -0.15) is 10.2 Å². The highest BCUT2D eigenvalue weighted by Crippen LogP contribution is 2.37. The number of nitrogens with two attached hydrogens (primary N) is 1. The van der Waals surface area contributed by atoms with Crippen LogP contribution in [0.5, 0.6) is 0 Å². The third-order valence-electron chi connectivity index (χ3n) is 14.8. The van der Waals surface area contributed by atoms with E-state index in [-0.39, 0.29) is 78.3 Å². The maximum absolute atomic E-state index is 13.9. The Labute approximate surface area is 502 Å². The van der Waals surface area contributed by atoms with Crippen molar-refractivity contribution in [2.75, 3.05) is 71.0 Å². The standard InChI is InChI=1S/C30H40ClN7O5S.C25H32ClN7O3S.CH4.ClH/c1-19-18-38-26(33-27(19)36-14-11-21(12-15-36)32-29(40)43-30(2,3)4)17-24(34-38)25-8-6-7-13-37(25)28(39)22-16-20(31)9-10-23(22)35-44(5,41)42;1-16-15-33-23(28-24(16)31-11-8-18(27)9-12-31)14-21(29-33)22-5-3-4-10-32(22)25(34)19-13-17(26)6-7-20(19)30-37(2,35)36;;/h9-10,16-18,21,25,35H,6-8,11-15H2,1-5H3,(H,32,40);6-7,13-15,18,22,30H,3-5,8-12,27H2,1-2H3;1H4;1H/t25-;22-;;/m00../s1. The highest BCUT2D eigenvalue weighted by Gasteiger charge is 2.35. The number of hydrogen-bond donors (Lipinski definition) is 4. The van der Waals surface area contributed by atoms with Crippen molar-refractivity contribution >= 4 is 108 Å². The predicted octanol–water partition coefficient (Wildman–Crippen LogP) is 9.34. The Bertz CT molecular complexity index is 3560. The van der Waals surface area contributed by atoms with Crippen LogP contribution < -0.4 is 30.3 Å². The maximum Gasteiger partial charge on any atom is 0.407 e. The molecule has 0 spiro atoms. The summed E-state index contributed by atoms with van der Waals surface area (Å²) < 4.78 is 61.6. The number of amides is 3. The second kappa shape index (κ2) is 26.4. The molecule has 83 heavy (non-hydrogen) atoms. The molecule has 4 saturated heterocycles. The van der Waals surface area contributed by atoms with Crippen molar-refractivity contribution in [3.05, 3.63) is 105 Å². The molecule has 2 aromatic carbocycles. The lowest BCUT2D eigenvalue weighted by Crippen LogP contribution is -2.46. The van der Waals surface area contributed by atoms with Gasteiger partial charge in [-0.3, -0.25) is 19.0 Å². The van der Waals surface area contributed by atoms with Gasteiger partial charge in [0.2, 0.25) is 20.0 Å². The zero-order valence-electron chi connectivity index (χ0n) is 47.2. The van der Waals surface area contributed by atoms with Gasteiger partial charge in [-0.15, -0.1) is 12.4 Å². The van der Waals surface area contributed by atoms with E-state index in [0.717, 1.165) is 143 Å². The molecule has 5 N–H and O–H groups in total. The predicted molar refractivity (Wildman–Crippen MR) is 329 cm³/mol. The number of piperidine rings is 4. The average molecular weight is 1240 g/mol. The first kappa shape index (κ1) is 64.4. The van der Waals surface area contributed by atoms with Crippen LogP contribution in [0.15, 0.2) is 60.9 Å². The van der Waals surface area contributed by atoms with E-state index in [1.807, 2.05) is 59.1 Å².